The molecular weight excluding hydrogens is 286 g/mol. The largest absolute Gasteiger partial charge is 0.573 e. The molecule has 19 heavy (non-hydrogen) atoms. The molecule has 2 nitrogen and oxygen atoms in total. The Bertz CT molecular complexity index is 583. The molecule has 2 rings (SSSR count). The van der Waals surface area contributed by atoms with Gasteiger partial charge in [-0.25, -0.2) is 4.39 Å². The van der Waals surface area contributed by atoms with Crippen molar-refractivity contribution in [1.29, 1.82) is 0 Å². The van der Waals surface area contributed by atoms with Gasteiger partial charge >= 0.3 is 6.36 Å². The summed E-state index contributed by atoms with van der Waals surface area (Å²) in [5.74, 6) is -1.04. The van der Waals surface area contributed by atoms with Crippen LogP contribution >= 0.6 is 11.6 Å². The van der Waals surface area contributed by atoms with Crippen LogP contribution in [0.2, 0.25) is 5.02 Å². The van der Waals surface area contributed by atoms with Crippen LogP contribution < -0.4 is 4.74 Å². The van der Waals surface area contributed by atoms with E-state index >= 15 is 0 Å². The van der Waals surface area contributed by atoms with Gasteiger partial charge in [0.1, 0.15) is 11.4 Å². The molecule has 7 heteroatoms. The van der Waals surface area contributed by atoms with Gasteiger partial charge in [-0.2, -0.15) is 0 Å². The molecular formula is C12H6ClF4NO. The maximum atomic E-state index is 13.5. The number of benzene rings is 1. The molecule has 0 radical (unpaired) electrons. The van der Waals surface area contributed by atoms with Crippen molar-refractivity contribution in [2.45, 2.75) is 6.36 Å². The normalized spacial score (nSPS) is 11.4. The summed E-state index contributed by atoms with van der Waals surface area (Å²) in [4.78, 5) is 3.78. The second-order valence-electron chi connectivity index (χ2n) is 3.56. The fraction of sp³-hybridized carbons (Fsp3) is 0.0833. The molecule has 1 heterocycles. The van der Waals surface area contributed by atoms with Crippen molar-refractivity contribution in [1.82, 2.24) is 4.98 Å². The fourth-order valence-electron chi connectivity index (χ4n) is 1.44. The van der Waals surface area contributed by atoms with Gasteiger partial charge < -0.3 is 4.74 Å². The van der Waals surface area contributed by atoms with E-state index in [2.05, 4.69) is 9.72 Å². The molecule has 1 aromatic carbocycles. The highest BCUT2D eigenvalue weighted by atomic mass is 35.5. The smallest absolute Gasteiger partial charge is 0.406 e. The molecule has 0 saturated heterocycles. The van der Waals surface area contributed by atoms with E-state index in [-0.39, 0.29) is 16.5 Å². The first-order chi connectivity index (χ1) is 8.85. The van der Waals surface area contributed by atoms with Crippen molar-refractivity contribution < 1.29 is 22.3 Å². The number of hydrogen-bond acceptors (Lipinski definition) is 2. The first-order valence-corrected chi connectivity index (χ1v) is 5.40. The van der Waals surface area contributed by atoms with Gasteiger partial charge in [0, 0.05) is 11.8 Å². The number of aromatic nitrogens is 1. The van der Waals surface area contributed by atoms with Gasteiger partial charge in [0.05, 0.1) is 5.02 Å². The highest BCUT2D eigenvalue weighted by Crippen LogP contribution is 2.27. The van der Waals surface area contributed by atoms with Crippen LogP contribution in [0.15, 0.2) is 36.5 Å². The zero-order valence-corrected chi connectivity index (χ0v) is 9.97. The zero-order chi connectivity index (χ0) is 14.0. The zero-order valence-electron chi connectivity index (χ0n) is 9.21. The number of halogens is 5. The predicted molar refractivity (Wildman–Crippen MR) is 61.3 cm³/mol. The van der Waals surface area contributed by atoms with Gasteiger partial charge in [0.2, 0.25) is 0 Å². The molecule has 0 aliphatic heterocycles. The third-order valence-corrected chi connectivity index (χ3v) is 2.38. The van der Waals surface area contributed by atoms with E-state index in [1.807, 2.05) is 0 Å². The van der Waals surface area contributed by atoms with E-state index < -0.39 is 12.2 Å². The lowest BCUT2D eigenvalue weighted by atomic mass is 10.1. The molecule has 0 atom stereocenters. The third kappa shape index (κ3) is 3.57. The van der Waals surface area contributed by atoms with Crippen LogP contribution in [0.5, 0.6) is 5.75 Å². The molecule has 0 spiro atoms. The van der Waals surface area contributed by atoms with Gasteiger partial charge in [0.15, 0.2) is 5.82 Å². The highest BCUT2D eigenvalue weighted by molar-refractivity contribution is 6.30. The lowest BCUT2D eigenvalue weighted by Gasteiger charge is -2.09. The Morgan fingerprint density at radius 2 is 1.74 bits per heavy atom. The topological polar surface area (TPSA) is 22.1 Å². The average molecular weight is 292 g/mol. The lowest BCUT2D eigenvalue weighted by Crippen LogP contribution is -2.16. The van der Waals surface area contributed by atoms with Gasteiger partial charge in [-0.15, -0.1) is 13.2 Å². The van der Waals surface area contributed by atoms with Crippen molar-refractivity contribution in [3.8, 4) is 17.0 Å². The van der Waals surface area contributed by atoms with E-state index in [0.717, 1.165) is 18.2 Å². The Morgan fingerprint density at radius 3 is 2.26 bits per heavy atom. The second-order valence-corrected chi connectivity index (χ2v) is 3.99. The van der Waals surface area contributed by atoms with Crippen LogP contribution in [0, 0.1) is 5.82 Å². The molecule has 0 aliphatic rings. The summed E-state index contributed by atoms with van der Waals surface area (Å²) in [6, 6.07) is 5.79. The van der Waals surface area contributed by atoms with Crippen LogP contribution in [-0.4, -0.2) is 11.3 Å². The Labute approximate surface area is 110 Å². The Hall–Kier alpha value is -1.82. The highest BCUT2D eigenvalue weighted by Gasteiger charge is 2.31. The van der Waals surface area contributed by atoms with Crippen molar-refractivity contribution >= 4 is 11.6 Å². The Morgan fingerprint density at radius 1 is 1.11 bits per heavy atom. The minimum atomic E-state index is -4.76. The van der Waals surface area contributed by atoms with Crippen LogP contribution in [-0.2, 0) is 0 Å². The molecule has 0 bridgehead atoms. The monoisotopic (exact) mass is 291 g/mol. The molecule has 0 amide bonds. The average Bonchev–Trinajstić information content (AvgIpc) is 2.28. The predicted octanol–water partition coefficient (Wildman–Crippen LogP) is 4.44. The van der Waals surface area contributed by atoms with E-state index in [0.29, 0.717) is 5.56 Å². The summed E-state index contributed by atoms with van der Waals surface area (Å²) < 4.78 is 53.1. The molecule has 0 fully saturated rings. The van der Waals surface area contributed by atoms with Crippen molar-refractivity contribution in [2.75, 3.05) is 0 Å². The molecule has 0 aliphatic carbocycles. The molecule has 1 aromatic heterocycles. The first-order valence-electron chi connectivity index (χ1n) is 5.02. The summed E-state index contributed by atoms with van der Waals surface area (Å²) in [6.45, 7) is 0. The summed E-state index contributed by atoms with van der Waals surface area (Å²) in [5.41, 5.74) is 0.326. The van der Waals surface area contributed by atoms with E-state index in [1.165, 1.54) is 18.3 Å². The summed E-state index contributed by atoms with van der Waals surface area (Å²) in [7, 11) is 0. The fourth-order valence-corrected chi connectivity index (χ4v) is 1.59. The van der Waals surface area contributed by atoms with Crippen molar-refractivity contribution in [3.63, 3.8) is 0 Å². The quantitative estimate of drug-likeness (QED) is 0.763. The van der Waals surface area contributed by atoms with Crippen molar-refractivity contribution in [3.05, 3.63) is 47.4 Å². The van der Waals surface area contributed by atoms with Crippen LogP contribution in [0.25, 0.3) is 11.3 Å². The van der Waals surface area contributed by atoms with E-state index in [9.17, 15) is 17.6 Å². The van der Waals surface area contributed by atoms with Gasteiger partial charge in [-0.05, 0) is 30.3 Å². The van der Waals surface area contributed by atoms with Crippen LogP contribution in [0.3, 0.4) is 0 Å². The molecule has 0 unspecified atom stereocenters. The van der Waals surface area contributed by atoms with Crippen molar-refractivity contribution in [2.24, 2.45) is 0 Å². The van der Waals surface area contributed by atoms with Crippen LogP contribution in [0.1, 0.15) is 0 Å². The molecule has 2 aromatic rings. The lowest BCUT2D eigenvalue weighted by molar-refractivity contribution is -0.274. The third-order valence-electron chi connectivity index (χ3n) is 2.17. The molecule has 100 valence electrons. The number of rotatable bonds is 2. The standard InChI is InChI=1S/C12H6ClF4NO/c13-8-5-10(14)11(18-6-8)7-1-3-9(4-2-7)19-12(15,16)17/h1-6H. The summed E-state index contributed by atoms with van der Waals surface area (Å²) in [6.07, 6.45) is -3.51. The maximum absolute atomic E-state index is 13.5. The SMILES string of the molecule is Fc1cc(Cl)cnc1-c1ccc(OC(F)(F)F)cc1. The summed E-state index contributed by atoms with van der Waals surface area (Å²) >= 11 is 5.55. The van der Waals surface area contributed by atoms with Gasteiger partial charge in [0.25, 0.3) is 0 Å². The number of ether oxygens (including phenoxy) is 1. The maximum Gasteiger partial charge on any atom is 0.573 e. The number of pyridine rings is 1. The minimum Gasteiger partial charge on any atom is -0.406 e. The van der Waals surface area contributed by atoms with Gasteiger partial charge in [-0.3, -0.25) is 4.98 Å². The first kappa shape index (κ1) is 13.6. The molecule has 0 N–H and O–H groups in total. The number of hydrogen-bond donors (Lipinski definition) is 0. The minimum absolute atomic E-state index is 0.00274. The van der Waals surface area contributed by atoms with Crippen LogP contribution in [0.4, 0.5) is 17.6 Å². The Kier molecular flexibility index (Phi) is 3.61. The molecule has 0 saturated carbocycles. The summed E-state index contributed by atoms with van der Waals surface area (Å²) in [5, 5.41) is 0.137. The second kappa shape index (κ2) is 5.05. The van der Waals surface area contributed by atoms with Gasteiger partial charge in [-0.1, -0.05) is 11.6 Å². The van der Waals surface area contributed by atoms with E-state index in [4.69, 9.17) is 11.6 Å². The van der Waals surface area contributed by atoms with E-state index in [1.54, 1.807) is 0 Å². The Balaban J connectivity index is 2.27. The number of nitrogens with zero attached hydrogens (tertiary/aromatic N) is 1. The number of alkyl halides is 3.